The Hall–Kier alpha value is -2.36. The zero-order valence-electron chi connectivity index (χ0n) is 10.2. The van der Waals surface area contributed by atoms with E-state index in [0.717, 1.165) is 11.3 Å². The van der Waals surface area contributed by atoms with E-state index in [-0.39, 0.29) is 18.1 Å². The van der Waals surface area contributed by atoms with Crippen molar-refractivity contribution in [1.82, 2.24) is 4.98 Å². The molecule has 0 saturated carbocycles. The van der Waals surface area contributed by atoms with Crippen molar-refractivity contribution in [2.75, 3.05) is 17.6 Å². The second-order valence-corrected chi connectivity index (χ2v) is 4.03. The van der Waals surface area contributed by atoms with Gasteiger partial charge in [-0.3, -0.25) is 4.79 Å². The van der Waals surface area contributed by atoms with Crippen LogP contribution in [0.3, 0.4) is 0 Å². The van der Waals surface area contributed by atoms with Gasteiger partial charge in [0, 0.05) is 11.9 Å². The molecule has 3 N–H and O–H groups in total. The van der Waals surface area contributed by atoms with Crippen LogP contribution >= 0.6 is 0 Å². The zero-order valence-corrected chi connectivity index (χ0v) is 10.2. The molecule has 0 atom stereocenters. The molecule has 2 rings (SSSR count). The molecule has 0 aliphatic heterocycles. The quantitative estimate of drug-likeness (QED) is 0.806. The molecule has 1 aromatic heterocycles. The fourth-order valence-electron chi connectivity index (χ4n) is 1.77. The van der Waals surface area contributed by atoms with Crippen LogP contribution in [0.15, 0.2) is 42.6 Å². The molecular weight excluding hydrogens is 226 g/mol. The summed E-state index contributed by atoms with van der Waals surface area (Å²) < 4.78 is 0. The Morgan fingerprint density at radius 2 is 2.00 bits per heavy atom. The maximum Gasteiger partial charge on any atom is 0.185 e. The number of anilines is 2. The number of nitrogen functional groups attached to an aromatic ring is 1. The van der Waals surface area contributed by atoms with Gasteiger partial charge < -0.3 is 11.1 Å². The Labute approximate surface area is 106 Å². The molecule has 92 valence electrons. The van der Waals surface area contributed by atoms with Gasteiger partial charge >= 0.3 is 0 Å². The van der Waals surface area contributed by atoms with Crippen LogP contribution in [0.4, 0.5) is 11.5 Å². The fraction of sp³-hybridized carbons (Fsp3) is 0.143. The van der Waals surface area contributed by atoms with Crippen molar-refractivity contribution in [3.05, 3.63) is 53.7 Å². The van der Waals surface area contributed by atoms with Gasteiger partial charge in [-0.25, -0.2) is 4.98 Å². The normalized spacial score (nSPS) is 10.1. The predicted octanol–water partition coefficient (Wildman–Crippen LogP) is 2.27. The van der Waals surface area contributed by atoms with Crippen molar-refractivity contribution in [2.45, 2.75) is 6.92 Å². The predicted molar refractivity (Wildman–Crippen MR) is 72.6 cm³/mol. The molecule has 2 aromatic rings. The van der Waals surface area contributed by atoms with Crippen LogP contribution in [-0.2, 0) is 0 Å². The molecule has 4 heteroatoms. The Bertz CT molecular complexity index is 532. The summed E-state index contributed by atoms with van der Waals surface area (Å²) in [5.41, 5.74) is 7.99. The lowest BCUT2D eigenvalue weighted by atomic mass is 10.1. The number of benzene rings is 1. The molecule has 18 heavy (non-hydrogen) atoms. The molecule has 1 heterocycles. The summed E-state index contributed by atoms with van der Waals surface area (Å²) in [5.74, 6) is 0.233. The van der Waals surface area contributed by atoms with Gasteiger partial charge in [-0.05, 0) is 30.7 Å². The van der Waals surface area contributed by atoms with Crippen molar-refractivity contribution in [3.8, 4) is 0 Å². The number of aromatic nitrogens is 1. The molecule has 0 unspecified atom stereocenters. The fourth-order valence-corrected chi connectivity index (χ4v) is 1.77. The van der Waals surface area contributed by atoms with E-state index in [1.54, 1.807) is 12.3 Å². The van der Waals surface area contributed by atoms with Crippen molar-refractivity contribution >= 4 is 17.3 Å². The summed E-state index contributed by atoms with van der Waals surface area (Å²) in [5, 5.41) is 3.06. The zero-order chi connectivity index (χ0) is 13.0. The molecule has 4 nitrogen and oxygen atoms in total. The number of carbonyl (C=O) groups excluding carboxylic acids is 1. The van der Waals surface area contributed by atoms with Crippen LogP contribution in [0.5, 0.6) is 0 Å². The highest BCUT2D eigenvalue weighted by atomic mass is 16.1. The van der Waals surface area contributed by atoms with Gasteiger partial charge in [-0.2, -0.15) is 0 Å². The summed E-state index contributed by atoms with van der Waals surface area (Å²) >= 11 is 0. The highest BCUT2D eigenvalue weighted by molar-refractivity contribution is 6.03. The Morgan fingerprint density at radius 1 is 1.28 bits per heavy atom. The van der Waals surface area contributed by atoms with E-state index in [4.69, 9.17) is 5.73 Å². The largest absolute Gasteiger partial charge is 0.383 e. The minimum atomic E-state index is -0.0537. The lowest BCUT2D eigenvalue weighted by molar-refractivity contribution is 0.101. The van der Waals surface area contributed by atoms with Crippen LogP contribution in [0.25, 0.3) is 0 Å². The summed E-state index contributed by atoms with van der Waals surface area (Å²) in [6, 6.07) is 11.4. The molecule has 0 aliphatic rings. The number of Topliss-reactive ketones (excluding diaryl/α,β-unsaturated/α-hetero) is 1. The first-order valence-corrected chi connectivity index (χ1v) is 5.71. The smallest absolute Gasteiger partial charge is 0.185 e. The number of hydrogen-bond donors (Lipinski definition) is 2. The number of hydrogen-bond acceptors (Lipinski definition) is 4. The average Bonchev–Trinajstić information content (AvgIpc) is 2.37. The molecule has 0 fully saturated rings. The Morgan fingerprint density at radius 3 is 2.67 bits per heavy atom. The summed E-state index contributed by atoms with van der Waals surface area (Å²) in [4.78, 5) is 16.0. The maximum absolute atomic E-state index is 12.1. The van der Waals surface area contributed by atoms with Gasteiger partial charge in [-0.15, -0.1) is 0 Å². The first-order chi connectivity index (χ1) is 8.68. The third kappa shape index (κ3) is 2.66. The number of pyridine rings is 1. The van der Waals surface area contributed by atoms with E-state index in [1.807, 2.05) is 37.3 Å². The second kappa shape index (κ2) is 5.31. The first-order valence-electron chi connectivity index (χ1n) is 5.71. The average molecular weight is 241 g/mol. The van der Waals surface area contributed by atoms with E-state index in [9.17, 15) is 4.79 Å². The van der Waals surface area contributed by atoms with E-state index < -0.39 is 0 Å². The van der Waals surface area contributed by atoms with Gasteiger partial charge in [0.25, 0.3) is 0 Å². The lowest BCUT2D eigenvalue weighted by Crippen LogP contribution is -2.17. The van der Waals surface area contributed by atoms with Crippen molar-refractivity contribution < 1.29 is 4.79 Å². The number of para-hydroxylation sites is 1. The van der Waals surface area contributed by atoms with Crippen LogP contribution in [-0.4, -0.2) is 17.3 Å². The SMILES string of the molecule is Cc1ccnc(N)c1C(=O)CNc1ccccc1. The number of carbonyl (C=O) groups is 1. The summed E-state index contributed by atoms with van der Waals surface area (Å²) in [7, 11) is 0. The molecule has 0 bridgehead atoms. The van der Waals surface area contributed by atoms with Crippen LogP contribution in [0.1, 0.15) is 15.9 Å². The molecular formula is C14H15N3O. The van der Waals surface area contributed by atoms with Gasteiger partial charge in [0.15, 0.2) is 5.78 Å². The Balaban J connectivity index is 2.09. The number of rotatable bonds is 4. The third-order valence-corrected chi connectivity index (χ3v) is 2.69. The monoisotopic (exact) mass is 241 g/mol. The molecule has 0 spiro atoms. The molecule has 0 saturated heterocycles. The van der Waals surface area contributed by atoms with Gasteiger partial charge in [0.2, 0.25) is 0 Å². The molecule has 1 aromatic carbocycles. The van der Waals surface area contributed by atoms with Crippen LogP contribution in [0, 0.1) is 6.92 Å². The third-order valence-electron chi connectivity index (χ3n) is 2.69. The molecule has 0 amide bonds. The first kappa shape index (κ1) is 12.1. The summed E-state index contributed by atoms with van der Waals surface area (Å²) in [6.45, 7) is 2.06. The Kier molecular flexibility index (Phi) is 3.57. The van der Waals surface area contributed by atoms with E-state index in [0.29, 0.717) is 5.56 Å². The number of nitrogens with one attached hydrogen (secondary N) is 1. The summed E-state index contributed by atoms with van der Waals surface area (Å²) in [6.07, 6.45) is 1.60. The van der Waals surface area contributed by atoms with Crippen molar-refractivity contribution in [3.63, 3.8) is 0 Å². The molecule has 0 radical (unpaired) electrons. The number of nitrogens with zero attached hydrogens (tertiary/aromatic N) is 1. The van der Waals surface area contributed by atoms with Crippen LogP contribution < -0.4 is 11.1 Å². The van der Waals surface area contributed by atoms with Crippen LogP contribution in [0.2, 0.25) is 0 Å². The molecule has 0 aliphatic carbocycles. The second-order valence-electron chi connectivity index (χ2n) is 4.03. The minimum Gasteiger partial charge on any atom is -0.383 e. The van der Waals surface area contributed by atoms with Crippen molar-refractivity contribution in [2.24, 2.45) is 0 Å². The van der Waals surface area contributed by atoms with Gasteiger partial charge in [0.1, 0.15) is 5.82 Å². The van der Waals surface area contributed by atoms with Gasteiger partial charge in [0.05, 0.1) is 12.1 Å². The van der Waals surface area contributed by atoms with Gasteiger partial charge in [-0.1, -0.05) is 18.2 Å². The topological polar surface area (TPSA) is 68.0 Å². The van der Waals surface area contributed by atoms with Crippen molar-refractivity contribution in [1.29, 1.82) is 0 Å². The lowest BCUT2D eigenvalue weighted by Gasteiger charge is -2.09. The number of aryl methyl sites for hydroxylation is 1. The number of ketones is 1. The standard InChI is InChI=1S/C14H15N3O/c1-10-7-8-16-14(15)13(10)12(18)9-17-11-5-3-2-4-6-11/h2-8,17H,9H2,1H3,(H2,15,16). The highest BCUT2D eigenvalue weighted by Crippen LogP contribution is 2.14. The maximum atomic E-state index is 12.1. The number of nitrogens with two attached hydrogens (primary N) is 1. The van der Waals surface area contributed by atoms with E-state index in [1.165, 1.54) is 0 Å². The van der Waals surface area contributed by atoms with E-state index in [2.05, 4.69) is 10.3 Å². The highest BCUT2D eigenvalue weighted by Gasteiger charge is 2.13. The van der Waals surface area contributed by atoms with E-state index >= 15 is 0 Å². The minimum absolute atomic E-state index is 0.0537.